The van der Waals surface area contributed by atoms with Gasteiger partial charge in [-0.05, 0) is 79.1 Å². The summed E-state index contributed by atoms with van der Waals surface area (Å²) >= 11 is 0. The van der Waals surface area contributed by atoms with Crippen molar-refractivity contribution in [3.05, 3.63) is 95.6 Å². The highest BCUT2D eigenvalue weighted by Gasteiger charge is 2.42. The number of rotatable bonds is 1. The first-order valence-electron chi connectivity index (χ1n) is 10.5. The predicted molar refractivity (Wildman–Crippen MR) is 127 cm³/mol. The summed E-state index contributed by atoms with van der Waals surface area (Å²) in [5, 5.41) is 0. The van der Waals surface area contributed by atoms with Crippen LogP contribution >= 0.6 is 0 Å². The molecule has 0 aromatic heterocycles. The van der Waals surface area contributed by atoms with Crippen molar-refractivity contribution < 1.29 is 4.74 Å². The van der Waals surface area contributed by atoms with Crippen LogP contribution in [0, 0.1) is 20.8 Å². The Morgan fingerprint density at radius 1 is 0.667 bits per heavy atom. The number of anilines is 3. The van der Waals surface area contributed by atoms with Crippen molar-refractivity contribution in [1.82, 2.24) is 0 Å². The Kier molecular flexibility index (Phi) is 3.64. The molecule has 4 aromatic rings. The lowest BCUT2D eigenvalue weighted by atomic mass is 9.33. The third-order valence-corrected chi connectivity index (χ3v) is 6.32. The van der Waals surface area contributed by atoms with Crippen molar-refractivity contribution in [2.75, 3.05) is 4.90 Å². The van der Waals surface area contributed by atoms with Gasteiger partial charge in [-0.15, -0.1) is 0 Å². The van der Waals surface area contributed by atoms with Gasteiger partial charge in [0.15, 0.2) is 0 Å². The first-order chi connectivity index (χ1) is 14.6. The first kappa shape index (κ1) is 17.4. The Bertz CT molecular complexity index is 1310. The third-order valence-electron chi connectivity index (χ3n) is 6.32. The number of nitrogens with zero attached hydrogens (tertiary/aromatic N) is 1. The fourth-order valence-electron chi connectivity index (χ4n) is 5.17. The zero-order valence-electron chi connectivity index (χ0n) is 17.4. The molecule has 0 spiro atoms. The molecule has 2 nitrogen and oxygen atoms in total. The molecule has 3 heteroatoms. The van der Waals surface area contributed by atoms with E-state index in [0.717, 1.165) is 11.5 Å². The summed E-state index contributed by atoms with van der Waals surface area (Å²) in [6.07, 6.45) is 0. The minimum Gasteiger partial charge on any atom is -0.458 e. The number of benzene rings is 4. The fourth-order valence-corrected chi connectivity index (χ4v) is 5.17. The Morgan fingerprint density at radius 3 is 2.33 bits per heavy atom. The van der Waals surface area contributed by atoms with Crippen LogP contribution in [0.5, 0.6) is 11.5 Å². The molecule has 4 aromatic carbocycles. The maximum Gasteiger partial charge on any atom is 0.256 e. The molecule has 2 aliphatic heterocycles. The maximum absolute atomic E-state index is 6.49. The van der Waals surface area contributed by atoms with Gasteiger partial charge < -0.3 is 9.64 Å². The van der Waals surface area contributed by atoms with E-state index in [9.17, 15) is 0 Å². The summed E-state index contributed by atoms with van der Waals surface area (Å²) in [4.78, 5) is 2.38. The smallest absolute Gasteiger partial charge is 0.256 e. The lowest BCUT2D eigenvalue weighted by molar-refractivity contribution is 0.487. The minimum absolute atomic E-state index is 0.176. The lowest BCUT2D eigenvalue weighted by Crippen LogP contribution is -2.60. The van der Waals surface area contributed by atoms with E-state index < -0.39 is 0 Å². The molecule has 0 atom stereocenters. The van der Waals surface area contributed by atoms with E-state index in [-0.39, 0.29) is 6.71 Å². The average Bonchev–Trinajstić information content (AvgIpc) is 2.74. The van der Waals surface area contributed by atoms with Gasteiger partial charge in [0.2, 0.25) is 0 Å². The maximum atomic E-state index is 6.49. The lowest BCUT2D eigenvalue weighted by Gasteiger charge is -2.40. The zero-order valence-corrected chi connectivity index (χ0v) is 17.4. The first-order valence-corrected chi connectivity index (χ1v) is 10.5. The van der Waals surface area contributed by atoms with Crippen LogP contribution in [-0.4, -0.2) is 6.71 Å². The summed E-state index contributed by atoms with van der Waals surface area (Å²) in [6, 6.07) is 28.3. The van der Waals surface area contributed by atoms with E-state index >= 15 is 0 Å². The summed E-state index contributed by atoms with van der Waals surface area (Å²) in [6.45, 7) is 6.70. The van der Waals surface area contributed by atoms with Crippen molar-refractivity contribution in [1.29, 1.82) is 0 Å². The van der Waals surface area contributed by atoms with Gasteiger partial charge in [-0.1, -0.05) is 53.6 Å². The molecule has 0 saturated carbocycles. The standard InChI is InChI=1S/C27H22BNO/c1-17-12-13-22-21(15-17)28-26-19(3)14-18(2)16-25(26)30-24-11-7-10-23(27(24)28)29(22)20-8-5-4-6-9-20/h4-16H,1-3H3. The van der Waals surface area contributed by atoms with Gasteiger partial charge in [-0.25, -0.2) is 0 Å². The molecule has 0 amide bonds. The summed E-state index contributed by atoms with van der Waals surface area (Å²) in [5.74, 6) is 1.95. The summed E-state index contributed by atoms with van der Waals surface area (Å²) in [5.41, 5.74) is 11.3. The van der Waals surface area contributed by atoms with Crippen molar-refractivity contribution in [2.45, 2.75) is 20.8 Å². The minimum atomic E-state index is 0.176. The van der Waals surface area contributed by atoms with Crippen molar-refractivity contribution in [3.8, 4) is 11.5 Å². The Balaban J connectivity index is 1.72. The highest BCUT2D eigenvalue weighted by molar-refractivity contribution is 6.99. The van der Waals surface area contributed by atoms with E-state index in [4.69, 9.17) is 4.74 Å². The molecule has 0 bridgehead atoms. The van der Waals surface area contributed by atoms with Crippen LogP contribution in [0.25, 0.3) is 0 Å². The third kappa shape index (κ3) is 2.38. The molecule has 0 unspecified atom stereocenters. The van der Waals surface area contributed by atoms with Gasteiger partial charge in [-0.2, -0.15) is 0 Å². The van der Waals surface area contributed by atoms with Crippen LogP contribution in [0.3, 0.4) is 0 Å². The van der Waals surface area contributed by atoms with E-state index in [2.05, 4.69) is 105 Å². The molecule has 0 aliphatic carbocycles. The van der Waals surface area contributed by atoms with Gasteiger partial charge in [0.05, 0.1) is 0 Å². The number of ether oxygens (including phenoxy) is 1. The second-order valence-corrected chi connectivity index (χ2v) is 8.45. The number of para-hydroxylation sites is 1. The molecular formula is C27H22BNO. The number of hydrogen-bond acceptors (Lipinski definition) is 2. The molecule has 6 rings (SSSR count). The van der Waals surface area contributed by atoms with E-state index in [1.54, 1.807) is 0 Å². The van der Waals surface area contributed by atoms with Crippen LogP contribution in [0.2, 0.25) is 0 Å². The van der Waals surface area contributed by atoms with Crippen molar-refractivity contribution >= 4 is 40.2 Å². The highest BCUT2D eigenvalue weighted by atomic mass is 16.5. The molecule has 0 radical (unpaired) electrons. The van der Waals surface area contributed by atoms with Crippen LogP contribution in [0.1, 0.15) is 16.7 Å². The average molecular weight is 387 g/mol. The molecule has 0 N–H and O–H groups in total. The van der Waals surface area contributed by atoms with E-state index in [1.165, 1.54) is 50.1 Å². The van der Waals surface area contributed by atoms with Gasteiger partial charge in [-0.3, -0.25) is 0 Å². The molecule has 0 saturated heterocycles. The molecule has 144 valence electrons. The van der Waals surface area contributed by atoms with Crippen molar-refractivity contribution in [3.63, 3.8) is 0 Å². The monoisotopic (exact) mass is 387 g/mol. The topological polar surface area (TPSA) is 12.5 Å². The molecule has 2 aliphatic rings. The Morgan fingerprint density at radius 2 is 1.50 bits per heavy atom. The highest BCUT2D eigenvalue weighted by Crippen LogP contribution is 2.40. The van der Waals surface area contributed by atoms with Gasteiger partial charge in [0.25, 0.3) is 6.71 Å². The number of hydrogen-bond donors (Lipinski definition) is 0. The number of aryl methyl sites for hydroxylation is 3. The predicted octanol–water partition coefficient (Wildman–Crippen LogP) is 5.02. The van der Waals surface area contributed by atoms with Gasteiger partial charge >= 0.3 is 0 Å². The Labute approximate surface area is 177 Å². The molecule has 30 heavy (non-hydrogen) atoms. The van der Waals surface area contributed by atoms with Crippen molar-refractivity contribution in [2.24, 2.45) is 0 Å². The van der Waals surface area contributed by atoms with Gasteiger partial charge in [0, 0.05) is 17.1 Å². The Hall–Kier alpha value is -3.46. The van der Waals surface area contributed by atoms with Crippen LogP contribution in [0.15, 0.2) is 78.9 Å². The van der Waals surface area contributed by atoms with Crippen LogP contribution in [-0.2, 0) is 0 Å². The largest absolute Gasteiger partial charge is 0.458 e. The fraction of sp³-hybridized carbons (Fsp3) is 0.111. The quantitative estimate of drug-likeness (QED) is 0.368. The second-order valence-electron chi connectivity index (χ2n) is 8.45. The summed E-state index contributed by atoms with van der Waals surface area (Å²) in [7, 11) is 0. The second kappa shape index (κ2) is 6.27. The van der Waals surface area contributed by atoms with E-state index in [1.807, 2.05) is 0 Å². The molecule has 0 fully saturated rings. The molecular weight excluding hydrogens is 365 g/mol. The van der Waals surface area contributed by atoms with Crippen LogP contribution < -0.4 is 26.0 Å². The van der Waals surface area contributed by atoms with Crippen LogP contribution in [0.4, 0.5) is 17.1 Å². The van der Waals surface area contributed by atoms with E-state index in [0.29, 0.717) is 0 Å². The number of fused-ring (bicyclic) bond motifs is 4. The zero-order chi connectivity index (χ0) is 20.4. The van der Waals surface area contributed by atoms with Gasteiger partial charge in [0.1, 0.15) is 11.5 Å². The normalized spacial score (nSPS) is 13.3. The summed E-state index contributed by atoms with van der Waals surface area (Å²) < 4.78 is 6.49. The SMILES string of the molecule is Cc1cc(C)c2c(c1)Oc1cccc3c1B2c1cc(C)ccc1N3c1ccccc1. The molecule has 2 heterocycles.